The van der Waals surface area contributed by atoms with Crippen LogP contribution < -0.4 is 4.90 Å². The summed E-state index contributed by atoms with van der Waals surface area (Å²) in [7, 11) is 0. The fraction of sp³-hybridized carbons (Fsp3) is 0.235. The van der Waals surface area contributed by atoms with Crippen molar-refractivity contribution in [2.24, 2.45) is 10.2 Å². The number of benzene rings is 2. The van der Waals surface area contributed by atoms with Crippen molar-refractivity contribution in [1.29, 1.82) is 0 Å². The Morgan fingerprint density at radius 2 is 1.61 bits per heavy atom. The van der Waals surface area contributed by atoms with Crippen molar-refractivity contribution >= 4 is 41.9 Å². The van der Waals surface area contributed by atoms with Crippen molar-refractivity contribution in [2.45, 2.75) is 13.8 Å². The molecule has 0 spiro atoms. The Morgan fingerprint density at radius 1 is 1.00 bits per heavy atom. The Hall–Kier alpha value is -2.09. The van der Waals surface area contributed by atoms with Gasteiger partial charge < -0.3 is 10.0 Å². The van der Waals surface area contributed by atoms with Gasteiger partial charge >= 0.3 is 5.97 Å². The quantitative estimate of drug-likeness (QED) is 0.640. The predicted molar refractivity (Wildman–Crippen MR) is 93.3 cm³/mol. The molecule has 0 fully saturated rings. The van der Waals surface area contributed by atoms with Gasteiger partial charge in [-0.1, -0.05) is 12.1 Å². The Bertz CT molecular complexity index is 668. The standard InChI is InChI=1S/C17H19N3O2.Li/c1-3-20(4-2)14-11-9-13(10-12-14)18-19-16-8-6-5-7-15(16)17(21)22;/h5-12H,3-4H2,1-2H3,(H,21,22);. The van der Waals surface area contributed by atoms with E-state index in [1.165, 1.54) is 6.07 Å². The molecule has 0 bridgehead atoms. The summed E-state index contributed by atoms with van der Waals surface area (Å²) < 4.78 is 0. The number of hydrogen-bond acceptors (Lipinski definition) is 4. The zero-order valence-corrected chi connectivity index (χ0v) is 13.7. The minimum Gasteiger partial charge on any atom is -0.478 e. The van der Waals surface area contributed by atoms with E-state index in [0.29, 0.717) is 11.4 Å². The van der Waals surface area contributed by atoms with Crippen LogP contribution in [0.1, 0.15) is 24.2 Å². The van der Waals surface area contributed by atoms with Crippen molar-refractivity contribution in [1.82, 2.24) is 0 Å². The molecule has 0 saturated carbocycles. The van der Waals surface area contributed by atoms with E-state index in [9.17, 15) is 4.79 Å². The molecule has 0 unspecified atom stereocenters. The molecule has 5 nitrogen and oxygen atoms in total. The van der Waals surface area contributed by atoms with Crippen molar-refractivity contribution in [3.05, 3.63) is 54.1 Å². The van der Waals surface area contributed by atoms with Crippen LogP contribution in [0.4, 0.5) is 17.1 Å². The summed E-state index contributed by atoms with van der Waals surface area (Å²) in [5.74, 6) is -1.01. The Labute approximate surface area is 148 Å². The molecule has 0 saturated heterocycles. The second-order valence-corrected chi connectivity index (χ2v) is 4.71. The normalized spacial score (nSPS) is 10.3. The van der Waals surface area contributed by atoms with Crippen molar-refractivity contribution in [3.63, 3.8) is 0 Å². The predicted octanol–water partition coefficient (Wildman–Crippen LogP) is 4.27. The minimum absolute atomic E-state index is 0. The second-order valence-electron chi connectivity index (χ2n) is 4.71. The maximum atomic E-state index is 11.1. The number of carboxylic acids is 1. The number of hydrogen-bond donors (Lipinski definition) is 1. The number of azo groups is 1. The number of rotatable bonds is 6. The molecule has 0 aliphatic rings. The van der Waals surface area contributed by atoms with Gasteiger partial charge in [0.2, 0.25) is 0 Å². The van der Waals surface area contributed by atoms with E-state index in [2.05, 4.69) is 29.0 Å². The smallest absolute Gasteiger partial charge is 0.337 e. The van der Waals surface area contributed by atoms with Crippen molar-refractivity contribution in [3.8, 4) is 0 Å². The van der Waals surface area contributed by atoms with Gasteiger partial charge in [-0.2, -0.15) is 5.11 Å². The van der Waals surface area contributed by atoms with Crippen molar-refractivity contribution < 1.29 is 9.90 Å². The molecule has 23 heavy (non-hydrogen) atoms. The van der Waals surface area contributed by atoms with Gasteiger partial charge in [-0.05, 0) is 50.2 Å². The van der Waals surface area contributed by atoms with Gasteiger partial charge in [-0.15, -0.1) is 5.11 Å². The first kappa shape index (κ1) is 19.0. The molecule has 2 rings (SSSR count). The van der Waals surface area contributed by atoms with Crippen LogP contribution in [0.25, 0.3) is 0 Å². The largest absolute Gasteiger partial charge is 0.478 e. The van der Waals surface area contributed by atoms with Crippen LogP contribution in [-0.4, -0.2) is 43.0 Å². The van der Waals surface area contributed by atoms with E-state index >= 15 is 0 Å². The van der Waals surface area contributed by atoms with E-state index in [4.69, 9.17) is 5.11 Å². The zero-order valence-electron chi connectivity index (χ0n) is 13.7. The molecule has 0 aliphatic carbocycles. The van der Waals surface area contributed by atoms with E-state index in [1.54, 1.807) is 18.2 Å². The first-order valence-corrected chi connectivity index (χ1v) is 7.24. The number of aromatic carboxylic acids is 1. The molecule has 1 N–H and O–H groups in total. The zero-order chi connectivity index (χ0) is 15.9. The Kier molecular flexibility index (Phi) is 7.53. The molecular formula is C17H19LiN3O2. The van der Waals surface area contributed by atoms with Crippen LogP contribution in [0.5, 0.6) is 0 Å². The minimum atomic E-state index is -1.01. The number of anilines is 1. The fourth-order valence-electron chi connectivity index (χ4n) is 2.17. The summed E-state index contributed by atoms with van der Waals surface area (Å²) in [5.41, 5.74) is 2.32. The van der Waals surface area contributed by atoms with Gasteiger partial charge in [0.15, 0.2) is 0 Å². The first-order valence-electron chi connectivity index (χ1n) is 7.24. The van der Waals surface area contributed by atoms with Crippen LogP contribution in [0.15, 0.2) is 58.8 Å². The monoisotopic (exact) mass is 304 g/mol. The van der Waals surface area contributed by atoms with Gasteiger partial charge in [0.25, 0.3) is 0 Å². The average Bonchev–Trinajstić information content (AvgIpc) is 2.55. The van der Waals surface area contributed by atoms with Gasteiger partial charge in [-0.3, -0.25) is 0 Å². The van der Waals surface area contributed by atoms with Crippen LogP contribution >= 0.6 is 0 Å². The molecule has 0 atom stereocenters. The third kappa shape index (κ3) is 4.95. The summed E-state index contributed by atoms with van der Waals surface area (Å²) in [5, 5.41) is 17.3. The number of carboxylic acid groups (broad SMARTS) is 1. The Balaban J connectivity index is 0.00000264. The summed E-state index contributed by atoms with van der Waals surface area (Å²) in [6.45, 7) is 6.12. The molecule has 6 heteroatoms. The third-order valence-electron chi connectivity index (χ3n) is 3.39. The van der Waals surface area contributed by atoms with Crippen molar-refractivity contribution in [2.75, 3.05) is 18.0 Å². The van der Waals surface area contributed by atoms with Gasteiger partial charge in [0.1, 0.15) is 5.69 Å². The average molecular weight is 304 g/mol. The molecule has 0 aromatic heterocycles. The van der Waals surface area contributed by atoms with Crippen LogP contribution in [0, 0.1) is 0 Å². The molecule has 0 aliphatic heterocycles. The van der Waals surface area contributed by atoms with Crippen LogP contribution in [0.2, 0.25) is 0 Å². The molecule has 2 aromatic carbocycles. The van der Waals surface area contributed by atoms with E-state index in [0.717, 1.165) is 18.8 Å². The summed E-state index contributed by atoms with van der Waals surface area (Å²) in [6.07, 6.45) is 0. The van der Waals surface area contributed by atoms with Gasteiger partial charge in [0.05, 0.1) is 11.3 Å². The molecule has 0 amide bonds. The molecule has 0 heterocycles. The molecule has 2 aromatic rings. The number of carbonyl (C=O) groups is 1. The SMILES string of the molecule is CCN(CC)c1ccc(N=Nc2ccccc2C(=O)O)cc1.[Li]. The second kappa shape index (κ2) is 9.14. The fourth-order valence-corrected chi connectivity index (χ4v) is 2.17. The number of nitrogens with zero attached hydrogens (tertiary/aromatic N) is 3. The van der Waals surface area contributed by atoms with Gasteiger partial charge in [-0.25, -0.2) is 4.79 Å². The summed E-state index contributed by atoms with van der Waals surface area (Å²) >= 11 is 0. The first-order chi connectivity index (χ1) is 10.7. The van der Waals surface area contributed by atoms with E-state index < -0.39 is 5.97 Å². The molecular weight excluding hydrogens is 285 g/mol. The maximum absolute atomic E-state index is 11.1. The van der Waals surface area contributed by atoms with Crippen LogP contribution in [-0.2, 0) is 0 Å². The Morgan fingerprint density at radius 3 is 2.17 bits per heavy atom. The summed E-state index contributed by atoms with van der Waals surface area (Å²) in [4.78, 5) is 13.3. The molecule has 1 radical (unpaired) electrons. The van der Waals surface area contributed by atoms with E-state index in [1.807, 2.05) is 24.3 Å². The van der Waals surface area contributed by atoms with Crippen LogP contribution in [0.3, 0.4) is 0 Å². The topological polar surface area (TPSA) is 65.3 Å². The molecule has 115 valence electrons. The van der Waals surface area contributed by atoms with E-state index in [-0.39, 0.29) is 24.4 Å². The van der Waals surface area contributed by atoms with Gasteiger partial charge in [0, 0.05) is 37.6 Å². The third-order valence-corrected chi connectivity index (χ3v) is 3.39. The maximum Gasteiger partial charge on any atom is 0.337 e. The summed E-state index contributed by atoms with van der Waals surface area (Å²) in [6, 6.07) is 14.3.